The Kier molecular flexibility index (Phi) is 5.46. The van der Waals surface area contributed by atoms with E-state index in [9.17, 15) is 9.59 Å². The first kappa shape index (κ1) is 18.0. The molecule has 4 rings (SSSR count). The second-order valence-electron chi connectivity index (χ2n) is 6.60. The molecule has 8 heteroatoms. The normalized spacial score (nSPS) is 21.4. The van der Waals surface area contributed by atoms with Gasteiger partial charge >= 0.3 is 5.69 Å². The van der Waals surface area contributed by atoms with Gasteiger partial charge in [0, 0.05) is 45.3 Å². The molecule has 2 N–H and O–H groups in total. The lowest BCUT2D eigenvalue weighted by Crippen LogP contribution is -2.49. The monoisotopic (exact) mass is 365 g/mol. The number of aromatic amines is 1. The Morgan fingerprint density at radius 1 is 1.16 bits per heavy atom. The van der Waals surface area contributed by atoms with E-state index in [0.29, 0.717) is 6.04 Å². The van der Waals surface area contributed by atoms with Crippen LogP contribution in [0.4, 0.5) is 0 Å². The number of piperazine rings is 1. The number of nitrogens with one attached hydrogen (secondary N) is 2. The minimum Gasteiger partial charge on any atom is -0.340 e. The van der Waals surface area contributed by atoms with Crippen molar-refractivity contribution >= 4 is 29.3 Å². The molecule has 1 unspecified atom stereocenters. The second-order valence-corrected chi connectivity index (χ2v) is 6.60. The first-order chi connectivity index (χ1) is 11.7. The summed E-state index contributed by atoms with van der Waals surface area (Å²) in [5.41, 5.74) is 1.34. The first-order valence-corrected chi connectivity index (χ1v) is 8.62. The van der Waals surface area contributed by atoms with E-state index < -0.39 is 0 Å². The van der Waals surface area contributed by atoms with Gasteiger partial charge in [-0.05, 0) is 18.6 Å². The van der Waals surface area contributed by atoms with Crippen LogP contribution < -0.4 is 11.0 Å². The minimum atomic E-state index is -0.220. The molecular formula is C17H24ClN5O2. The molecule has 3 heterocycles. The van der Waals surface area contributed by atoms with Gasteiger partial charge in [0.2, 0.25) is 5.91 Å². The van der Waals surface area contributed by atoms with Crippen LogP contribution in [0.2, 0.25) is 0 Å². The molecule has 1 aromatic carbocycles. The molecule has 2 saturated heterocycles. The van der Waals surface area contributed by atoms with Gasteiger partial charge in [0.1, 0.15) is 6.54 Å². The van der Waals surface area contributed by atoms with Gasteiger partial charge in [-0.25, -0.2) is 4.79 Å². The topological polar surface area (TPSA) is 73.4 Å². The molecule has 0 radical (unpaired) electrons. The maximum atomic E-state index is 12.7. The number of carbonyl (C=O) groups excluding carboxylic acids is 1. The van der Waals surface area contributed by atoms with Crippen LogP contribution in [0.3, 0.4) is 0 Å². The zero-order valence-corrected chi connectivity index (χ0v) is 14.9. The number of aromatic nitrogens is 2. The van der Waals surface area contributed by atoms with Crippen LogP contribution >= 0.6 is 12.4 Å². The number of hydrogen-bond acceptors (Lipinski definition) is 4. The molecule has 2 fully saturated rings. The van der Waals surface area contributed by atoms with Crippen LogP contribution in [-0.4, -0.2) is 70.6 Å². The summed E-state index contributed by atoms with van der Waals surface area (Å²) in [5, 5.41) is 3.36. The van der Waals surface area contributed by atoms with E-state index in [-0.39, 0.29) is 30.5 Å². The SMILES string of the molecule is Cl.O=C(Cn1c(=O)[nH]c2ccccc21)N1CCC(N2CCNCC2)C1. The Labute approximate surface area is 152 Å². The number of para-hydroxylation sites is 2. The number of rotatable bonds is 3. The Hall–Kier alpha value is -1.83. The van der Waals surface area contributed by atoms with Crippen molar-refractivity contribution in [3.05, 3.63) is 34.7 Å². The molecule has 1 aromatic heterocycles. The van der Waals surface area contributed by atoms with Gasteiger partial charge in [0.25, 0.3) is 0 Å². The number of nitrogens with zero attached hydrogens (tertiary/aromatic N) is 3. The van der Waals surface area contributed by atoms with Crippen LogP contribution in [0.5, 0.6) is 0 Å². The summed E-state index contributed by atoms with van der Waals surface area (Å²) in [6, 6.07) is 7.94. The fourth-order valence-corrected chi connectivity index (χ4v) is 3.81. The lowest BCUT2D eigenvalue weighted by molar-refractivity contribution is -0.130. The number of halogens is 1. The summed E-state index contributed by atoms with van der Waals surface area (Å²) in [6.07, 6.45) is 1.02. The van der Waals surface area contributed by atoms with Crippen molar-refractivity contribution in [3.63, 3.8) is 0 Å². The summed E-state index contributed by atoms with van der Waals surface area (Å²) in [6.45, 7) is 5.81. The Morgan fingerprint density at radius 3 is 2.72 bits per heavy atom. The fourth-order valence-electron chi connectivity index (χ4n) is 3.81. The summed E-state index contributed by atoms with van der Waals surface area (Å²) >= 11 is 0. The first-order valence-electron chi connectivity index (χ1n) is 8.62. The predicted octanol–water partition coefficient (Wildman–Crippen LogP) is 0.258. The van der Waals surface area contributed by atoms with Crippen molar-refractivity contribution in [2.24, 2.45) is 0 Å². The van der Waals surface area contributed by atoms with Crippen LogP contribution in [0, 0.1) is 0 Å². The molecule has 0 bridgehead atoms. The van der Waals surface area contributed by atoms with E-state index in [4.69, 9.17) is 0 Å². The molecule has 1 atom stereocenters. The van der Waals surface area contributed by atoms with Gasteiger partial charge in [0.15, 0.2) is 0 Å². The summed E-state index contributed by atoms with van der Waals surface area (Å²) in [5.74, 6) is 0.0273. The molecule has 2 aliphatic heterocycles. The van der Waals surface area contributed by atoms with Gasteiger partial charge in [-0.2, -0.15) is 0 Å². The van der Waals surface area contributed by atoms with Gasteiger partial charge in [-0.3, -0.25) is 14.3 Å². The maximum absolute atomic E-state index is 12.7. The lowest BCUT2D eigenvalue weighted by Gasteiger charge is -2.32. The number of benzene rings is 1. The van der Waals surface area contributed by atoms with Gasteiger partial charge in [-0.1, -0.05) is 12.1 Å². The highest BCUT2D eigenvalue weighted by atomic mass is 35.5. The highest BCUT2D eigenvalue weighted by molar-refractivity contribution is 5.85. The number of carbonyl (C=O) groups is 1. The van der Waals surface area contributed by atoms with E-state index in [1.165, 1.54) is 4.57 Å². The lowest BCUT2D eigenvalue weighted by atomic mass is 10.2. The van der Waals surface area contributed by atoms with E-state index in [2.05, 4.69) is 15.2 Å². The number of hydrogen-bond donors (Lipinski definition) is 2. The van der Waals surface area contributed by atoms with Crippen molar-refractivity contribution in [2.75, 3.05) is 39.3 Å². The molecule has 136 valence electrons. The second kappa shape index (κ2) is 7.59. The maximum Gasteiger partial charge on any atom is 0.326 e. The third-order valence-corrected chi connectivity index (χ3v) is 5.16. The molecule has 2 aromatic rings. The molecule has 0 saturated carbocycles. The van der Waals surface area contributed by atoms with Gasteiger partial charge in [0.05, 0.1) is 11.0 Å². The zero-order valence-electron chi connectivity index (χ0n) is 14.1. The van der Waals surface area contributed by atoms with Crippen molar-refractivity contribution in [1.29, 1.82) is 0 Å². The number of amides is 1. The molecule has 7 nitrogen and oxygen atoms in total. The van der Waals surface area contributed by atoms with Crippen molar-refractivity contribution in [1.82, 2.24) is 24.7 Å². The van der Waals surface area contributed by atoms with E-state index in [0.717, 1.165) is 56.7 Å². The van der Waals surface area contributed by atoms with Gasteiger partial charge < -0.3 is 15.2 Å². The van der Waals surface area contributed by atoms with Crippen molar-refractivity contribution in [2.45, 2.75) is 19.0 Å². The van der Waals surface area contributed by atoms with Crippen LogP contribution in [0.15, 0.2) is 29.1 Å². The van der Waals surface area contributed by atoms with Crippen LogP contribution in [-0.2, 0) is 11.3 Å². The largest absolute Gasteiger partial charge is 0.340 e. The quantitative estimate of drug-likeness (QED) is 0.818. The zero-order chi connectivity index (χ0) is 16.5. The molecule has 2 aliphatic rings. The summed E-state index contributed by atoms with van der Waals surface area (Å²) in [7, 11) is 0. The molecule has 25 heavy (non-hydrogen) atoms. The Bertz CT molecular complexity index is 796. The minimum absolute atomic E-state index is 0. The summed E-state index contributed by atoms with van der Waals surface area (Å²) in [4.78, 5) is 32.0. The average molecular weight is 366 g/mol. The molecule has 0 spiro atoms. The third kappa shape index (κ3) is 3.58. The number of fused-ring (bicyclic) bond motifs is 1. The molecule has 1 amide bonds. The van der Waals surface area contributed by atoms with Gasteiger partial charge in [-0.15, -0.1) is 12.4 Å². The van der Waals surface area contributed by atoms with E-state index in [1.807, 2.05) is 29.2 Å². The number of likely N-dealkylation sites (tertiary alicyclic amines) is 1. The fraction of sp³-hybridized carbons (Fsp3) is 0.529. The number of imidazole rings is 1. The third-order valence-electron chi connectivity index (χ3n) is 5.16. The highest BCUT2D eigenvalue weighted by Crippen LogP contribution is 2.17. The predicted molar refractivity (Wildman–Crippen MR) is 99.2 cm³/mol. The molecule has 0 aliphatic carbocycles. The van der Waals surface area contributed by atoms with E-state index in [1.54, 1.807) is 0 Å². The average Bonchev–Trinajstić information content (AvgIpc) is 3.21. The van der Waals surface area contributed by atoms with Crippen LogP contribution in [0.25, 0.3) is 11.0 Å². The van der Waals surface area contributed by atoms with Crippen molar-refractivity contribution in [3.8, 4) is 0 Å². The number of H-pyrrole nitrogens is 1. The summed E-state index contributed by atoms with van der Waals surface area (Å²) < 4.78 is 1.54. The Morgan fingerprint density at radius 2 is 1.92 bits per heavy atom. The Balaban J connectivity index is 0.00000182. The van der Waals surface area contributed by atoms with Crippen molar-refractivity contribution < 1.29 is 4.79 Å². The highest BCUT2D eigenvalue weighted by Gasteiger charge is 2.31. The van der Waals surface area contributed by atoms with E-state index >= 15 is 0 Å². The molecular weight excluding hydrogens is 342 g/mol. The van der Waals surface area contributed by atoms with Crippen LogP contribution in [0.1, 0.15) is 6.42 Å². The smallest absolute Gasteiger partial charge is 0.326 e. The standard InChI is InChI=1S/C17H23N5O2.ClH/c23-16(12-22-15-4-2-1-3-14(15)19-17(22)24)21-8-5-13(11-21)20-9-6-18-7-10-20;/h1-4,13,18H,5-12H2,(H,19,24);1H.